The molecule has 108 valence electrons. The van der Waals surface area contributed by atoms with Crippen molar-refractivity contribution in [1.29, 1.82) is 0 Å². The van der Waals surface area contributed by atoms with Crippen molar-refractivity contribution in [1.82, 2.24) is 5.32 Å². The van der Waals surface area contributed by atoms with Gasteiger partial charge in [-0.3, -0.25) is 0 Å². The van der Waals surface area contributed by atoms with Crippen molar-refractivity contribution in [2.24, 2.45) is 0 Å². The summed E-state index contributed by atoms with van der Waals surface area (Å²) in [6, 6.07) is 17.7. The monoisotopic (exact) mass is 359 g/mol. The second-order valence-electron chi connectivity index (χ2n) is 6.11. The number of thioether (sulfide) groups is 1. The molecule has 0 bridgehead atoms. The van der Waals surface area contributed by atoms with Crippen LogP contribution in [0.3, 0.4) is 0 Å². The highest BCUT2D eigenvalue weighted by Gasteiger charge is 2.43. The minimum absolute atomic E-state index is 0.294. The summed E-state index contributed by atoms with van der Waals surface area (Å²) in [6.07, 6.45) is 1.24. The van der Waals surface area contributed by atoms with Crippen molar-refractivity contribution >= 4 is 27.7 Å². The van der Waals surface area contributed by atoms with Crippen LogP contribution in [0, 0.1) is 0 Å². The summed E-state index contributed by atoms with van der Waals surface area (Å²) in [6.45, 7) is 2.19. The molecular formula is C18H18BrNS. The van der Waals surface area contributed by atoms with E-state index < -0.39 is 0 Å². The molecule has 1 unspecified atom stereocenters. The van der Waals surface area contributed by atoms with Gasteiger partial charge in [0.15, 0.2) is 0 Å². The molecule has 0 aliphatic carbocycles. The van der Waals surface area contributed by atoms with Gasteiger partial charge in [0.25, 0.3) is 0 Å². The molecule has 2 aliphatic rings. The van der Waals surface area contributed by atoms with Crippen LogP contribution < -0.4 is 5.32 Å². The molecule has 1 nitrogen and oxygen atoms in total. The second-order valence-corrected chi connectivity index (χ2v) is 8.03. The molecule has 2 aromatic rings. The van der Waals surface area contributed by atoms with Gasteiger partial charge in [0.05, 0.1) is 0 Å². The smallest absolute Gasteiger partial charge is 0.0220 e. The zero-order chi connectivity index (χ0) is 14.3. The van der Waals surface area contributed by atoms with Crippen LogP contribution in [0.1, 0.15) is 23.5 Å². The molecule has 0 aromatic heterocycles. The first-order chi connectivity index (χ1) is 10.3. The third-order valence-corrected chi connectivity index (χ3v) is 6.75. The van der Waals surface area contributed by atoms with Gasteiger partial charge < -0.3 is 5.32 Å². The van der Waals surface area contributed by atoms with Gasteiger partial charge in [0, 0.05) is 33.6 Å². The van der Waals surface area contributed by atoms with Gasteiger partial charge in [0.2, 0.25) is 0 Å². The van der Waals surface area contributed by atoms with E-state index in [0.29, 0.717) is 11.3 Å². The zero-order valence-corrected chi connectivity index (χ0v) is 14.2. The average Bonchev–Trinajstić information content (AvgIpc) is 2.87. The lowest BCUT2D eigenvalue weighted by molar-refractivity contribution is 0.244. The summed E-state index contributed by atoms with van der Waals surface area (Å²) in [5, 5.41) is 3.50. The predicted octanol–water partition coefficient (Wildman–Crippen LogP) is 4.57. The van der Waals surface area contributed by atoms with Gasteiger partial charge in [-0.25, -0.2) is 0 Å². The maximum absolute atomic E-state index is 3.75. The van der Waals surface area contributed by atoms with E-state index >= 15 is 0 Å². The van der Waals surface area contributed by atoms with E-state index in [-0.39, 0.29) is 0 Å². The fourth-order valence-corrected chi connectivity index (χ4v) is 5.59. The molecule has 1 atom stereocenters. The van der Waals surface area contributed by atoms with Crippen LogP contribution in [0.2, 0.25) is 0 Å². The number of hydrogen-bond acceptors (Lipinski definition) is 2. The molecule has 2 aliphatic heterocycles. The van der Waals surface area contributed by atoms with E-state index in [9.17, 15) is 0 Å². The van der Waals surface area contributed by atoms with E-state index in [2.05, 4.69) is 69.8 Å². The average molecular weight is 360 g/mol. The van der Waals surface area contributed by atoms with Crippen LogP contribution in [-0.2, 0) is 5.41 Å². The molecule has 2 heterocycles. The molecule has 1 fully saturated rings. The number of fused-ring (bicyclic) bond motifs is 1. The minimum atomic E-state index is 0.294. The Balaban J connectivity index is 1.65. The van der Waals surface area contributed by atoms with Crippen molar-refractivity contribution in [3.63, 3.8) is 0 Å². The largest absolute Gasteiger partial charge is 0.315 e. The number of halogens is 1. The van der Waals surface area contributed by atoms with Crippen LogP contribution in [0.4, 0.5) is 0 Å². The highest BCUT2D eigenvalue weighted by Crippen LogP contribution is 2.47. The van der Waals surface area contributed by atoms with Crippen molar-refractivity contribution in [3.05, 3.63) is 64.1 Å². The van der Waals surface area contributed by atoms with Gasteiger partial charge in [-0.05, 0) is 35.6 Å². The molecule has 1 saturated heterocycles. The molecule has 0 radical (unpaired) electrons. The Kier molecular flexibility index (Phi) is 3.60. The Hall–Kier alpha value is -0.770. The molecular weight excluding hydrogens is 342 g/mol. The summed E-state index contributed by atoms with van der Waals surface area (Å²) >= 11 is 5.77. The summed E-state index contributed by atoms with van der Waals surface area (Å²) in [5.74, 6) is 1.91. The minimum Gasteiger partial charge on any atom is -0.315 e. The number of hydrogen-bond donors (Lipinski definition) is 1. The van der Waals surface area contributed by atoms with Crippen molar-refractivity contribution in [2.45, 2.75) is 22.6 Å². The van der Waals surface area contributed by atoms with Crippen LogP contribution in [0.5, 0.6) is 0 Å². The van der Waals surface area contributed by atoms with E-state index in [0.717, 1.165) is 13.1 Å². The fourth-order valence-electron chi connectivity index (χ4n) is 3.63. The van der Waals surface area contributed by atoms with E-state index in [4.69, 9.17) is 0 Å². The van der Waals surface area contributed by atoms with Gasteiger partial charge in [-0.1, -0.05) is 52.3 Å². The molecule has 0 saturated carbocycles. The first kappa shape index (κ1) is 13.9. The van der Waals surface area contributed by atoms with Crippen LogP contribution >= 0.6 is 27.7 Å². The Bertz CT molecular complexity index is 666. The topological polar surface area (TPSA) is 12.0 Å². The van der Waals surface area contributed by atoms with E-state index in [1.807, 2.05) is 11.8 Å². The third-order valence-electron chi connectivity index (χ3n) is 4.81. The number of rotatable bonds is 3. The Morgan fingerprint density at radius 1 is 1.10 bits per heavy atom. The lowest BCUT2D eigenvalue weighted by atomic mass is 9.69. The quantitative estimate of drug-likeness (QED) is 0.861. The SMILES string of the molecule is Brc1ccccc1C1(CC2CSc3ccccc32)CNC1. The number of nitrogens with one attached hydrogen (secondary N) is 1. The summed E-state index contributed by atoms with van der Waals surface area (Å²) in [7, 11) is 0. The summed E-state index contributed by atoms with van der Waals surface area (Å²) in [5.41, 5.74) is 3.32. The maximum atomic E-state index is 3.75. The first-order valence-corrected chi connectivity index (χ1v) is 9.24. The summed E-state index contributed by atoms with van der Waals surface area (Å²) in [4.78, 5) is 1.48. The van der Waals surface area contributed by atoms with Crippen LogP contribution in [0.15, 0.2) is 57.9 Å². The zero-order valence-electron chi connectivity index (χ0n) is 11.8. The fraction of sp³-hybridized carbons (Fsp3) is 0.333. The van der Waals surface area contributed by atoms with Crippen molar-refractivity contribution < 1.29 is 0 Å². The molecule has 3 heteroatoms. The molecule has 2 aromatic carbocycles. The van der Waals surface area contributed by atoms with E-state index in [1.54, 1.807) is 5.56 Å². The predicted molar refractivity (Wildman–Crippen MR) is 93.2 cm³/mol. The summed E-state index contributed by atoms with van der Waals surface area (Å²) < 4.78 is 1.26. The lowest BCUT2D eigenvalue weighted by Crippen LogP contribution is -2.57. The van der Waals surface area contributed by atoms with Crippen LogP contribution in [0.25, 0.3) is 0 Å². The van der Waals surface area contributed by atoms with Crippen molar-refractivity contribution in [3.8, 4) is 0 Å². The Labute approximate surface area is 138 Å². The maximum Gasteiger partial charge on any atom is 0.0220 e. The van der Waals surface area contributed by atoms with Crippen molar-refractivity contribution in [2.75, 3.05) is 18.8 Å². The van der Waals surface area contributed by atoms with Gasteiger partial charge in [0.1, 0.15) is 0 Å². The van der Waals surface area contributed by atoms with Gasteiger partial charge in [-0.2, -0.15) is 0 Å². The molecule has 4 rings (SSSR count). The first-order valence-electron chi connectivity index (χ1n) is 7.46. The number of benzene rings is 2. The van der Waals surface area contributed by atoms with Gasteiger partial charge in [-0.15, -0.1) is 11.8 Å². The molecule has 0 spiro atoms. The Morgan fingerprint density at radius 3 is 2.62 bits per heavy atom. The lowest BCUT2D eigenvalue weighted by Gasteiger charge is -2.45. The molecule has 21 heavy (non-hydrogen) atoms. The normalized spacial score (nSPS) is 22.6. The van der Waals surface area contributed by atoms with E-state index in [1.165, 1.54) is 27.1 Å². The highest BCUT2D eigenvalue weighted by molar-refractivity contribution is 9.10. The Morgan fingerprint density at radius 2 is 1.86 bits per heavy atom. The molecule has 1 N–H and O–H groups in total. The van der Waals surface area contributed by atoms with Gasteiger partial charge >= 0.3 is 0 Å². The third kappa shape index (κ3) is 2.36. The second kappa shape index (κ2) is 5.45. The molecule has 0 amide bonds. The highest BCUT2D eigenvalue weighted by atomic mass is 79.9. The standard InChI is InChI=1S/C18H18BrNS/c19-16-7-3-2-6-15(16)18(11-20-12-18)9-13-10-21-17-8-4-1-5-14(13)17/h1-8,13,20H,9-12H2. The van der Waals surface area contributed by atoms with Crippen LogP contribution in [-0.4, -0.2) is 18.8 Å².